The molecule has 10 nitrogen and oxygen atoms in total. The molecular weight excluding hydrogens is 466 g/mol. The van der Waals surface area contributed by atoms with Gasteiger partial charge in [0.1, 0.15) is 6.54 Å². The fourth-order valence-electron chi connectivity index (χ4n) is 5.14. The van der Waals surface area contributed by atoms with Gasteiger partial charge in [-0.15, -0.1) is 0 Å². The highest BCUT2D eigenvalue weighted by molar-refractivity contribution is 5.83. The van der Waals surface area contributed by atoms with Crippen molar-refractivity contribution in [2.24, 2.45) is 17.8 Å². The van der Waals surface area contributed by atoms with Crippen LogP contribution in [-0.2, 0) is 28.7 Å². The number of carboxylic acid groups (broad SMARTS) is 1. The molecule has 0 aromatic carbocycles. The van der Waals surface area contributed by atoms with Crippen LogP contribution in [0.4, 0.5) is 0 Å². The van der Waals surface area contributed by atoms with E-state index in [0.717, 1.165) is 12.8 Å². The summed E-state index contributed by atoms with van der Waals surface area (Å²) in [6.45, 7) is 9.88. The summed E-state index contributed by atoms with van der Waals surface area (Å²) in [5.74, 6) is -1.92. The third kappa shape index (κ3) is 8.73. The van der Waals surface area contributed by atoms with Crippen molar-refractivity contribution in [3.8, 4) is 0 Å². The molecule has 36 heavy (non-hydrogen) atoms. The van der Waals surface area contributed by atoms with E-state index >= 15 is 0 Å². The number of nitrogens with zero attached hydrogens (tertiary/aromatic N) is 2. The van der Waals surface area contributed by atoms with E-state index in [1.165, 1.54) is 7.11 Å². The molecule has 1 saturated heterocycles. The Kier molecular flexibility index (Phi) is 13.4. The molecule has 6 atom stereocenters. The number of likely N-dealkylation sites (tertiary alicyclic amines) is 1. The summed E-state index contributed by atoms with van der Waals surface area (Å²) in [4.78, 5) is 53.2. The molecule has 1 rings (SSSR count). The minimum absolute atomic E-state index is 0.0319. The number of likely N-dealkylation sites (N-methyl/N-ethyl adjacent to an activating group) is 1. The molecule has 10 heteroatoms. The number of methoxy groups -OCH3 is 2. The van der Waals surface area contributed by atoms with Crippen LogP contribution < -0.4 is 5.32 Å². The standard InChI is InChI=1S/C26H47N3O7/c1-9-17(4)24(28(6)21(30)13-16(2)3)20(35-7)14-22(31)29-12-10-11-19(29)25(36-8)18(5)26(34)27-15-23(32)33/h16-20,24-25H,9-15H2,1-8H3,(H,27,34)(H,32,33)/t17-,18?,19?,20?,24?,25?/m0/s1. The van der Waals surface area contributed by atoms with Crippen LogP contribution >= 0.6 is 0 Å². The van der Waals surface area contributed by atoms with Crippen LogP contribution in [-0.4, -0.2) is 97.2 Å². The highest BCUT2D eigenvalue weighted by atomic mass is 16.5. The van der Waals surface area contributed by atoms with Gasteiger partial charge in [-0.05, 0) is 24.7 Å². The molecule has 0 aliphatic carbocycles. The van der Waals surface area contributed by atoms with Gasteiger partial charge in [0.2, 0.25) is 17.7 Å². The van der Waals surface area contributed by atoms with Gasteiger partial charge in [-0.25, -0.2) is 0 Å². The monoisotopic (exact) mass is 513 g/mol. The molecule has 3 amide bonds. The van der Waals surface area contributed by atoms with Crippen LogP contribution in [0.3, 0.4) is 0 Å². The van der Waals surface area contributed by atoms with E-state index in [4.69, 9.17) is 14.6 Å². The van der Waals surface area contributed by atoms with Gasteiger partial charge in [-0.3, -0.25) is 19.2 Å². The summed E-state index contributed by atoms with van der Waals surface area (Å²) in [5, 5.41) is 11.3. The van der Waals surface area contributed by atoms with Gasteiger partial charge in [0.25, 0.3) is 0 Å². The smallest absolute Gasteiger partial charge is 0.322 e. The van der Waals surface area contributed by atoms with Crippen LogP contribution in [0, 0.1) is 17.8 Å². The van der Waals surface area contributed by atoms with Crippen LogP contribution in [0.1, 0.15) is 66.7 Å². The predicted molar refractivity (Wildman–Crippen MR) is 136 cm³/mol. The lowest BCUT2D eigenvalue weighted by Gasteiger charge is -2.39. The van der Waals surface area contributed by atoms with E-state index in [0.29, 0.717) is 19.4 Å². The van der Waals surface area contributed by atoms with Crippen molar-refractivity contribution in [3.05, 3.63) is 0 Å². The zero-order valence-electron chi connectivity index (χ0n) is 23.3. The number of carbonyl (C=O) groups is 4. The van der Waals surface area contributed by atoms with Crippen molar-refractivity contribution < 1.29 is 33.8 Å². The van der Waals surface area contributed by atoms with E-state index in [1.807, 2.05) is 13.8 Å². The van der Waals surface area contributed by atoms with E-state index in [9.17, 15) is 19.2 Å². The molecule has 0 bridgehead atoms. The maximum atomic E-state index is 13.5. The molecule has 1 aliphatic rings. The highest BCUT2D eigenvalue weighted by Crippen LogP contribution is 2.29. The Labute approximate surface area is 216 Å². The zero-order valence-corrected chi connectivity index (χ0v) is 23.3. The Hall–Kier alpha value is -2.20. The second-order valence-corrected chi connectivity index (χ2v) is 10.4. The largest absolute Gasteiger partial charge is 0.480 e. The molecule has 208 valence electrons. The first-order valence-electron chi connectivity index (χ1n) is 13.0. The number of ether oxygens (including phenoxy) is 2. The van der Waals surface area contributed by atoms with Gasteiger partial charge in [-0.2, -0.15) is 0 Å². The van der Waals surface area contributed by atoms with Gasteiger partial charge in [0.15, 0.2) is 0 Å². The lowest BCUT2D eigenvalue weighted by atomic mass is 9.90. The quantitative estimate of drug-likeness (QED) is 0.344. The minimum Gasteiger partial charge on any atom is -0.480 e. The van der Waals surface area contributed by atoms with Crippen LogP contribution in [0.5, 0.6) is 0 Å². The zero-order chi connectivity index (χ0) is 27.6. The number of amides is 3. The first kappa shape index (κ1) is 31.8. The molecule has 2 N–H and O–H groups in total. The Morgan fingerprint density at radius 1 is 1.08 bits per heavy atom. The van der Waals surface area contributed by atoms with Crippen molar-refractivity contribution in [2.45, 2.75) is 91.0 Å². The minimum atomic E-state index is -1.12. The van der Waals surface area contributed by atoms with Gasteiger partial charge < -0.3 is 29.7 Å². The maximum Gasteiger partial charge on any atom is 0.322 e. The summed E-state index contributed by atoms with van der Waals surface area (Å²) < 4.78 is 11.5. The second-order valence-electron chi connectivity index (χ2n) is 10.4. The lowest BCUT2D eigenvalue weighted by Crippen LogP contribution is -2.53. The molecule has 0 spiro atoms. The number of aliphatic carboxylic acids is 1. The average molecular weight is 514 g/mol. The Morgan fingerprint density at radius 3 is 2.22 bits per heavy atom. The van der Waals surface area contributed by atoms with E-state index in [-0.39, 0.29) is 42.2 Å². The number of hydrogen-bond donors (Lipinski definition) is 2. The number of carbonyl (C=O) groups excluding carboxylic acids is 3. The first-order chi connectivity index (χ1) is 16.9. The molecule has 0 saturated carbocycles. The lowest BCUT2D eigenvalue weighted by molar-refractivity contribution is -0.146. The number of nitrogens with one attached hydrogen (secondary N) is 1. The summed E-state index contributed by atoms with van der Waals surface area (Å²) >= 11 is 0. The molecule has 5 unspecified atom stereocenters. The molecule has 0 radical (unpaired) electrons. The molecule has 0 aromatic rings. The fourth-order valence-corrected chi connectivity index (χ4v) is 5.14. The molecule has 1 aliphatic heterocycles. The summed E-state index contributed by atoms with van der Waals surface area (Å²) in [6, 6.07) is -0.567. The third-order valence-electron chi connectivity index (χ3n) is 7.30. The molecular formula is C26H47N3O7. The van der Waals surface area contributed by atoms with Crippen LogP contribution in [0.2, 0.25) is 0 Å². The molecule has 1 fully saturated rings. The molecule has 0 aromatic heterocycles. The number of rotatable bonds is 15. The van der Waals surface area contributed by atoms with Crippen molar-refractivity contribution >= 4 is 23.7 Å². The van der Waals surface area contributed by atoms with Crippen molar-refractivity contribution in [1.29, 1.82) is 0 Å². The van der Waals surface area contributed by atoms with Gasteiger partial charge >= 0.3 is 5.97 Å². The van der Waals surface area contributed by atoms with E-state index in [2.05, 4.69) is 19.2 Å². The summed E-state index contributed by atoms with van der Waals surface area (Å²) in [5.41, 5.74) is 0. The van der Waals surface area contributed by atoms with E-state index in [1.54, 1.807) is 30.9 Å². The normalized spacial score (nSPS) is 19.9. The summed E-state index contributed by atoms with van der Waals surface area (Å²) in [7, 11) is 4.86. The first-order valence-corrected chi connectivity index (χ1v) is 13.0. The van der Waals surface area contributed by atoms with Crippen LogP contribution in [0.25, 0.3) is 0 Å². The SMILES string of the molecule is CC[C@H](C)C(C(CC(=O)N1CCCC1C(OC)C(C)C(=O)NCC(=O)O)OC)N(C)C(=O)CC(C)C. The van der Waals surface area contributed by atoms with E-state index < -0.39 is 36.5 Å². The average Bonchev–Trinajstić information content (AvgIpc) is 3.31. The Morgan fingerprint density at radius 2 is 1.72 bits per heavy atom. The Bertz CT molecular complexity index is 745. The summed E-state index contributed by atoms with van der Waals surface area (Å²) in [6.07, 6.45) is 1.77. The van der Waals surface area contributed by atoms with Crippen LogP contribution in [0.15, 0.2) is 0 Å². The highest BCUT2D eigenvalue weighted by Gasteiger charge is 2.41. The predicted octanol–water partition coefficient (Wildman–Crippen LogP) is 2.15. The number of carboxylic acids is 1. The fraction of sp³-hybridized carbons (Fsp3) is 0.846. The Balaban J connectivity index is 3.05. The van der Waals surface area contributed by atoms with Gasteiger partial charge in [-0.1, -0.05) is 41.0 Å². The van der Waals surface area contributed by atoms with Crippen molar-refractivity contribution in [2.75, 3.05) is 34.4 Å². The second kappa shape index (κ2) is 15.1. The van der Waals surface area contributed by atoms with Gasteiger partial charge in [0.05, 0.1) is 36.6 Å². The van der Waals surface area contributed by atoms with Gasteiger partial charge in [0, 0.05) is 34.2 Å². The molecule has 1 heterocycles. The third-order valence-corrected chi connectivity index (χ3v) is 7.30. The van der Waals surface area contributed by atoms with Crippen molar-refractivity contribution in [1.82, 2.24) is 15.1 Å². The maximum absolute atomic E-state index is 13.5. The number of hydrogen-bond acceptors (Lipinski definition) is 6. The topological polar surface area (TPSA) is 125 Å². The van der Waals surface area contributed by atoms with Crippen molar-refractivity contribution in [3.63, 3.8) is 0 Å².